The van der Waals surface area contributed by atoms with Gasteiger partial charge in [-0.1, -0.05) is 24.3 Å². The third kappa shape index (κ3) is 6.75. The molecule has 0 atom stereocenters. The Bertz CT molecular complexity index is 1410. The molecule has 0 bridgehead atoms. The van der Waals surface area contributed by atoms with Gasteiger partial charge in [-0.05, 0) is 105 Å². The lowest BCUT2D eigenvalue weighted by atomic mass is 9.71. The summed E-state index contributed by atoms with van der Waals surface area (Å²) in [7, 11) is 0. The first-order chi connectivity index (χ1) is 22.2. The molecule has 3 aromatic carbocycles. The summed E-state index contributed by atoms with van der Waals surface area (Å²) >= 11 is 4.63. The fourth-order valence-electron chi connectivity index (χ4n) is 5.77. The summed E-state index contributed by atoms with van der Waals surface area (Å²) in [5.74, 6) is 2.27. The molecule has 0 amide bonds. The van der Waals surface area contributed by atoms with Gasteiger partial charge < -0.3 is 43.7 Å². The Balaban J connectivity index is 1.29. The molecule has 3 saturated heterocycles. The van der Waals surface area contributed by atoms with E-state index in [1.165, 1.54) is 0 Å². The number of ether oxygens (including phenoxy) is 6. The molecule has 0 radical (unpaired) electrons. The second-order valence-electron chi connectivity index (χ2n) is 13.3. The number of aliphatic hydroxyl groups excluding tert-OH is 3. The van der Waals surface area contributed by atoms with Crippen molar-refractivity contribution in [2.75, 3.05) is 79.3 Å². The van der Waals surface area contributed by atoms with Gasteiger partial charge in [-0.2, -0.15) is 0 Å². The van der Waals surface area contributed by atoms with Crippen molar-refractivity contribution in [1.29, 1.82) is 0 Å². The fourth-order valence-corrected chi connectivity index (χ4v) is 7.12. The predicted octanol–water partition coefficient (Wildman–Crippen LogP) is 4.41. The van der Waals surface area contributed by atoms with E-state index in [1.807, 2.05) is 24.3 Å². The van der Waals surface area contributed by atoms with Gasteiger partial charge in [-0.3, -0.25) is 0 Å². The van der Waals surface area contributed by atoms with Crippen molar-refractivity contribution < 1.29 is 43.7 Å². The van der Waals surface area contributed by atoms with Gasteiger partial charge in [-0.15, -0.1) is 0 Å². The van der Waals surface area contributed by atoms with Crippen LogP contribution in [-0.4, -0.2) is 94.6 Å². The maximum atomic E-state index is 9.84. The van der Waals surface area contributed by atoms with Crippen LogP contribution in [0.4, 0.5) is 0 Å². The van der Waals surface area contributed by atoms with E-state index in [9.17, 15) is 15.3 Å². The van der Waals surface area contributed by atoms with Gasteiger partial charge in [0.1, 0.15) is 37.1 Å². The summed E-state index contributed by atoms with van der Waals surface area (Å²) in [5, 5.41) is 29.5. The molecule has 0 aromatic heterocycles. The zero-order valence-corrected chi connectivity index (χ0v) is 30.1. The molecule has 3 aromatic rings. The van der Waals surface area contributed by atoms with E-state index >= 15 is 0 Å². The molecule has 248 valence electrons. The third-order valence-corrected chi connectivity index (χ3v) is 11.2. The van der Waals surface area contributed by atoms with E-state index in [1.54, 1.807) is 0 Å². The van der Waals surface area contributed by atoms with Crippen LogP contribution in [0.5, 0.6) is 17.2 Å². The SMILES string of the molecule is CC(c1ccc(OCC2(CO)COC2)cc1)(c1ccc(OCC2(CO)COC2)c(I)c1)c1ccc(OCC2(CO)COC2)c(I)c1. The molecule has 3 fully saturated rings. The van der Waals surface area contributed by atoms with E-state index in [2.05, 4.69) is 88.5 Å². The topological polar surface area (TPSA) is 116 Å². The number of hydrogen-bond acceptors (Lipinski definition) is 9. The highest BCUT2D eigenvalue weighted by Gasteiger charge is 2.41. The molecule has 46 heavy (non-hydrogen) atoms. The van der Waals surface area contributed by atoms with Crippen LogP contribution >= 0.6 is 45.2 Å². The Labute approximate surface area is 296 Å². The smallest absolute Gasteiger partial charge is 0.132 e. The zero-order chi connectivity index (χ0) is 32.4. The van der Waals surface area contributed by atoms with Gasteiger partial charge in [-0.25, -0.2) is 0 Å². The van der Waals surface area contributed by atoms with Gasteiger partial charge in [0.15, 0.2) is 0 Å². The summed E-state index contributed by atoms with van der Waals surface area (Å²) in [6.45, 7) is 6.48. The van der Waals surface area contributed by atoms with E-state index < -0.39 is 5.41 Å². The minimum atomic E-state index is -0.550. The Kier molecular flexibility index (Phi) is 10.4. The predicted molar refractivity (Wildman–Crippen MR) is 188 cm³/mol. The average Bonchev–Trinajstić information content (AvgIpc) is 3.01. The third-order valence-electron chi connectivity index (χ3n) is 9.52. The molecule has 11 heteroatoms. The standard InChI is InChI=1S/C35H40I2O9/c1-32(24-2-6-27(7-3-24)44-21-33(12-38)15-41-16-33,25-4-8-30(28(36)10-25)45-22-34(13-39)17-42-18-34)26-5-9-31(29(37)11-26)46-23-35(14-40)19-43-20-35/h2-11,38-40H,12-23H2,1H3. The van der Waals surface area contributed by atoms with Gasteiger partial charge in [0.2, 0.25) is 0 Å². The molecule has 0 unspecified atom stereocenters. The fraction of sp³-hybridized carbons (Fsp3) is 0.486. The van der Waals surface area contributed by atoms with Gasteiger partial charge in [0, 0.05) is 5.41 Å². The lowest BCUT2D eigenvalue weighted by molar-refractivity contribution is -0.153. The van der Waals surface area contributed by atoms with Gasteiger partial charge in [0.05, 0.1) is 82.8 Å². The normalized spacial score (nSPS) is 19.3. The molecule has 3 N–H and O–H groups in total. The van der Waals surface area contributed by atoms with Crippen LogP contribution in [0, 0.1) is 23.4 Å². The van der Waals surface area contributed by atoms with Crippen LogP contribution in [0.25, 0.3) is 0 Å². The van der Waals surface area contributed by atoms with Crippen LogP contribution in [0.1, 0.15) is 23.6 Å². The first kappa shape index (κ1) is 34.2. The molecule has 3 heterocycles. The second kappa shape index (κ2) is 14.0. The van der Waals surface area contributed by atoms with Crippen molar-refractivity contribution in [2.45, 2.75) is 12.3 Å². The first-order valence-corrected chi connectivity index (χ1v) is 17.5. The van der Waals surface area contributed by atoms with Crippen molar-refractivity contribution in [3.8, 4) is 17.2 Å². The van der Waals surface area contributed by atoms with Crippen molar-refractivity contribution in [3.05, 3.63) is 84.5 Å². The van der Waals surface area contributed by atoms with Crippen molar-refractivity contribution in [3.63, 3.8) is 0 Å². The molecule has 6 rings (SSSR count). The number of aliphatic hydroxyl groups is 3. The summed E-state index contributed by atoms with van der Waals surface area (Å²) in [5.41, 5.74) is 1.68. The Morgan fingerprint density at radius 3 is 1.28 bits per heavy atom. The van der Waals surface area contributed by atoms with Crippen molar-refractivity contribution in [2.24, 2.45) is 16.2 Å². The summed E-state index contributed by atoms with van der Waals surface area (Å²) < 4.78 is 36.4. The molecule has 0 spiro atoms. The second-order valence-corrected chi connectivity index (χ2v) is 15.6. The van der Waals surface area contributed by atoms with E-state index in [-0.39, 0.29) is 36.1 Å². The largest absolute Gasteiger partial charge is 0.493 e. The molecule has 3 aliphatic rings. The number of hydrogen-bond donors (Lipinski definition) is 3. The minimum Gasteiger partial charge on any atom is -0.493 e. The molecule has 0 saturated carbocycles. The van der Waals surface area contributed by atoms with E-state index in [0.29, 0.717) is 59.5 Å². The van der Waals surface area contributed by atoms with Crippen molar-refractivity contribution >= 4 is 45.2 Å². The highest BCUT2D eigenvalue weighted by atomic mass is 127. The Hall–Kier alpha value is -1.72. The molecular weight excluding hydrogens is 818 g/mol. The summed E-state index contributed by atoms with van der Waals surface area (Å²) in [6.07, 6.45) is 0. The maximum Gasteiger partial charge on any atom is 0.132 e. The Morgan fingerprint density at radius 1 is 0.587 bits per heavy atom. The summed E-state index contributed by atoms with van der Waals surface area (Å²) in [4.78, 5) is 0. The number of rotatable bonds is 15. The maximum absolute atomic E-state index is 9.84. The quantitative estimate of drug-likeness (QED) is 0.151. The van der Waals surface area contributed by atoms with Crippen molar-refractivity contribution in [1.82, 2.24) is 0 Å². The number of benzene rings is 3. The van der Waals surface area contributed by atoms with Crippen LogP contribution in [0.2, 0.25) is 0 Å². The molecular formula is C35H40I2O9. The molecule has 3 aliphatic heterocycles. The summed E-state index contributed by atoms with van der Waals surface area (Å²) in [6, 6.07) is 20.7. The van der Waals surface area contributed by atoms with Gasteiger partial charge in [0.25, 0.3) is 0 Å². The minimum absolute atomic E-state index is 0.0291. The van der Waals surface area contributed by atoms with E-state index in [0.717, 1.165) is 41.1 Å². The van der Waals surface area contributed by atoms with Crippen LogP contribution in [-0.2, 0) is 19.6 Å². The van der Waals surface area contributed by atoms with Gasteiger partial charge >= 0.3 is 0 Å². The van der Waals surface area contributed by atoms with Crippen LogP contribution < -0.4 is 14.2 Å². The average molecular weight is 859 g/mol. The van der Waals surface area contributed by atoms with E-state index in [4.69, 9.17) is 28.4 Å². The lowest BCUT2D eigenvalue weighted by Gasteiger charge is -2.39. The Morgan fingerprint density at radius 2 is 0.957 bits per heavy atom. The molecule has 9 nitrogen and oxygen atoms in total. The monoisotopic (exact) mass is 858 g/mol. The van der Waals surface area contributed by atoms with Crippen LogP contribution in [0.3, 0.4) is 0 Å². The number of halogens is 2. The molecule has 0 aliphatic carbocycles. The highest BCUT2D eigenvalue weighted by Crippen LogP contribution is 2.43. The highest BCUT2D eigenvalue weighted by molar-refractivity contribution is 14.1. The first-order valence-electron chi connectivity index (χ1n) is 15.3. The lowest BCUT2D eigenvalue weighted by Crippen LogP contribution is -2.50. The van der Waals surface area contributed by atoms with Crippen LogP contribution in [0.15, 0.2) is 60.7 Å². The zero-order valence-electron chi connectivity index (χ0n) is 25.8.